The summed E-state index contributed by atoms with van der Waals surface area (Å²) in [5.41, 5.74) is 3.98. The van der Waals surface area contributed by atoms with Crippen LogP contribution in [0, 0.1) is 18.8 Å². The van der Waals surface area contributed by atoms with Crippen LogP contribution in [0.2, 0.25) is 0 Å². The van der Waals surface area contributed by atoms with Crippen LogP contribution in [0.15, 0.2) is 18.3 Å². The fraction of sp³-hybridized carbons (Fsp3) is 0.565. The van der Waals surface area contributed by atoms with Crippen LogP contribution in [0.1, 0.15) is 56.6 Å². The van der Waals surface area contributed by atoms with Gasteiger partial charge in [0.2, 0.25) is 0 Å². The Morgan fingerprint density at radius 1 is 1.24 bits per heavy atom. The third-order valence-corrected chi connectivity index (χ3v) is 6.01. The molecular formula is C23H31N7O3. The summed E-state index contributed by atoms with van der Waals surface area (Å²) in [5.74, 6) is 0.110. The van der Waals surface area contributed by atoms with E-state index in [2.05, 4.69) is 34.5 Å². The molecule has 2 atom stereocenters. The number of rotatable bonds is 8. The van der Waals surface area contributed by atoms with Crippen molar-refractivity contribution in [2.24, 2.45) is 18.9 Å². The molecule has 0 amide bonds. The smallest absolute Gasteiger partial charge is 0.306 e. The van der Waals surface area contributed by atoms with Gasteiger partial charge in [-0.2, -0.15) is 0 Å². The molecule has 1 aliphatic carbocycles. The van der Waals surface area contributed by atoms with Gasteiger partial charge in [0.1, 0.15) is 11.4 Å². The van der Waals surface area contributed by atoms with Gasteiger partial charge in [0.25, 0.3) is 0 Å². The summed E-state index contributed by atoms with van der Waals surface area (Å²) in [5, 5.41) is 26.4. The molecule has 3 heterocycles. The predicted octanol–water partition coefficient (Wildman–Crippen LogP) is 3.05. The largest absolute Gasteiger partial charge is 0.489 e. The molecule has 1 unspecified atom stereocenters. The Morgan fingerprint density at radius 2 is 2.06 bits per heavy atom. The first kappa shape index (κ1) is 22.9. The first-order chi connectivity index (χ1) is 15.8. The van der Waals surface area contributed by atoms with Gasteiger partial charge < -0.3 is 9.84 Å². The average Bonchev–Trinajstić information content (AvgIpc) is 3.36. The monoisotopic (exact) mass is 453 g/mol. The second-order valence-corrected chi connectivity index (χ2v) is 9.24. The van der Waals surface area contributed by atoms with E-state index in [9.17, 15) is 9.90 Å². The molecule has 10 nitrogen and oxygen atoms in total. The lowest BCUT2D eigenvalue weighted by atomic mass is 9.87. The minimum atomic E-state index is -0.743. The molecule has 1 fully saturated rings. The lowest BCUT2D eigenvalue weighted by Crippen LogP contribution is -2.29. The molecule has 1 saturated carbocycles. The number of hydrogen-bond acceptors (Lipinski definition) is 7. The van der Waals surface area contributed by atoms with Crippen LogP contribution in [-0.2, 0) is 24.8 Å². The maximum absolute atomic E-state index is 11.3. The van der Waals surface area contributed by atoms with E-state index in [1.54, 1.807) is 9.36 Å². The topological polar surface area (TPSA) is 121 Å². The highest BCUT2D eigenvalue weighted by molar-refractivity contribution is 5.70. The van der Waals surface area contributed by atoms with Gasteiger partial charge in [-0.05, 0) is 57.1 Å². The zero-order valence-electron chi connectivity index (χ0n) is 19.6. The maximum Gasteiger partial charge on any atom is 0.306 e. The SMILES string of the molecule is Cc1nc(-c2nnn(C)c2Cn2cc(CC(C)C)nn2)ccc1OC1CCC[C@H](C(=O)O)C1. The number of aryl methyl sites for hydroxylation is 2. The third-order valence-electron chi connectivity index (χ3n) is 6.01. The molecule has 1 N–H and O–H groups in total. The summed E-state index contributed by atoms with van der Waals surface area (Å²) in [6.07, 6.45) is 5.69. The van der Waals surface area contributed by atoms with E-state index in [-0.39, 0.29) is 12.0 Å². The number of aromatic nitrogens is 7. The quantitative estimate of drug-likeness (QED) is 0.552. The van der Waals surface area contributed by atoms with Crippen molar-refractivity contribution in [2.75, 3.05) is 0 Å². The fourth-order valence-corrected chi connectivity index (χ4v) is 4.29. The van der Waals surface area contributed by atoms with E-state index >= 15 is 0 Å². The van der Waals surface area contributed by atoms with E-state index in [1.165, 1.54) is 0 Å². The molecule has 3 aromatic heterocycles. The van der Waals surface area contributed by atoms with Crippen molar-refractivity contribution in [3.05, 3.63) is 35.4 Å². The maximum atomic E-state index is 11.3. The van der Waals surface area contributed by atoms with Crippen LogP contribution in [0.5, 0.6) is 5.75 Å². The van der Waals surface area contributed by atoms with Crippen LogP contribution in [0.3, 0.4) is 0 Å². The Labute approximate surface area is 193 Å². The number of nitrogens with zero attached hydrogens (tertiary/aromatic N) is 7. The number of carboxylic acid groups (broad SMARTS) is 1. The standard InChI is InChI=1S/C23H31N7O3/c1-14(2)10-17-12-30(28-25-17)13-20-22(26-27-29(20)4)19-8-9-21(15(3)24-19)33-18-7-5-6-16(11-18)23(31)32/h8-9,12,14,16,18H,5-7,10-11,13H2,1-4H3,(H,31,32)/t16-,18?/m0/s1. The van der Waals surface area contributed by atoms with Crippen molar-refractivity contribution in [3.63, 3.8) is 0 Å². The minimum absolute atomic E-state index is 0.106. The molecule has 0 saturated heterocycles. The first-order valence-corrected chi connectivity index (χ1v) is 11.4. The van der Waals surface area contributed by atoms with Gasteiger partial charge in [-0.15, -0.1) is 10.2 Å². The molecule has 0 aliphatic heterocycles. The molecule has 3 aromatic rings. The molecule has 1 aliphatic rings. The van der Waals surface area contributed by atoms with Crippen LogP contribution in [0.25, 0.3) is 11.4 Å². The Morgan fingerprint density at radius 3 is 2.79 bits per heavy atom. The molecule has 176 valence electrons. The number of pyridine rings is 1. The third kappa shape index (κ3) is 5.37. The summed E-state index contributed by atoms with van der Waals surface area (Å²) in [6, 6.07) is 3.76. The molecular weight excluding hydrogens is 422 g/mol. The van der Waals surface area contributed by atoms with Crippen LogP contribution in [-0.4, -0.2) is 52.2 Å². The summed E-state index contributed by atoms with van der Waals surface area (Å²) in [4.78, 5) is 16.1. The Kier molecular flexibility index (Phi) is 6.71. The lowest BCUT2D eigenvalue weighted by molar-refractivity contribution is -0.143. The van der Waals surface area contributed by atoms with Crippen molar-refractivity contribution in [1.82, 2.24) is 35.0 Å². The van der Waals surface area contributed by atoms with Gasteiger partial charge in [-0.1, -0.05) is 24.3 Å². The van der Waals surface area contributed by atoms with E-state index < -0.39 is 5.97 Å². The molecule has 33 heavy (non-hydrogen) atoms. The van der Waals surface area contributed by atoms with E-state index in [0.717, 1.165) is 36.3 Å². The highest BCUT2D eigenvalue weighted by Gasteiger charge is 2.28. The Bertz CT molecular complexity index is 1120. The number of hydrogen-bond donors (Lipinski definition) is 1. The minimum Gasteiger partial charge on any atom is -0.489 e. The van der Waals surface area contributed by atoms with Crippen molar-refractivity contribution in [3.8, 4) is 17.1 Å². The number of aliphatic carboxylic acids is 1. The van der Waals surface area contributed by atoms with Gasteiger partial charge in [0, 0.05) is 13.2 Å². The Balaban J connectivity index is 1.50. The predicted molar refractivity (Wildman–Crippen MR) is 121 cm³/mol. The van der Waals surface area contributed by atoms with E-state index in [1.807, 2.05) is 32.3 Å². The van der Waals surface area contributed by atoms with Gasteiger partial charge >= 0.3 is 5.97 Å². The van der Waals surface area contributed by atoms with Crippen molar-refractivity contribution >= 4 is 5.97 Å². The molecule has 0 aromatic carbocycles. The van der Waals surface area contributed by atoms with Crippen molar-refractivity contribution in [2.45, 2.75) is 65.5 Å². The van der Waals surface area contributed by atoms with Crippen LogP contribution >= 0.6 is 0 Å². The molecule has 0 radical (unpaired) electrons. The summed E-state index contributed by atoms with van der Waals surface area (Å²) >= 11 is 0. The van der Waals surface area contributed by atoms with Crippen LogP contribution in [0.4, 0.5) is 0 Å². The van der Waals surface area contributed by atoms with Crippen molar-refractivity contribution < 1.29 is 14.6 Å². The zero-order chi connectivity index (χ0) is 23.5. The Hall–Kier alpha value is -3.30. The van der Waals surface area contributed by atoms with E-state index in [4.69, 9.17) is 9.72 Å². The van der Waals surface area contributed by atoms with Crippen molar-refractivity contribution in [1.29, 1.82) is 0 Å². The molecule has 0 bridgehead atoms. The lowest BCUT2D eigenvalue weighted by Gasteiger charge is -2.27. The van der Waals surface area contributed by atoms with Crippen LogP contribution < -0.4 is 4.74 Å². The number of carboxylic acids is 1. The van der Waals surface area contributed by atoms with E-state index in [0.29, 0.717) is 42.4 Å². The van der Waals surface area contributed by atoms with Gasteiger partial charge in [-0.3, -0.25) is 4.79 Å². The normalized spacial score (nSPS) is 18.6. The highest BCUT2D eigenvalue weighted by atomic mass is 16.5. The van der Waals surface area contributed by atoms with Gasteiger partial charge in [-0.25, -0.2) is 14.3 Å². The number of carbonyl (C=O) groups is 1. The highest BCUT2D eigenvalue weighted by Crippen LogP contribution is 2.30. The summed E-state index contributed by atoms with van der Waals surface area (Å²) in [7, 11) is 1.85. The summed E-state index contributed by atoms with van der Waals surface area (Å²) < 4.78 is 9.66. The van der Waals surface area contributed by atoms with Gasteiger partial charge in [0.15, 0.2) is 0 Å². The summed E-state index contributed by atoms with van der Waals surface area (Å²) in [6.45, 7) is 6.69. The number of ether oxygens (including phenoxy) is 1. The molecule has 4 rings (SSSR count). The average molecular weight is 454 g/mol. The first-order valence-electron chi connectivity index (χ1n) is 11.4. The molecule has 0 spiro atoms. The second kappa shape index (κ2) is 9.68. The van der Waals surface area contributed by atoms with Gasteiger partial charge in [0.05, 0.1) is 41.3 Å². The zero-order valence-corrected chi connectivity index (χ0v) is 19.6. The molecule has 10 heteroatoms. The second-order valence-electron chi connectivity index (χ2n) is 9.24. The fourth-order valence-electron chi connectivity index (χ4n) is 4.29.